The van der Waals surface area contributed by atoms with Crippen molar-refractivity contribution < 1.29 is 4.42 Å². The SMILES string of the molecule is c1ccc2c(c1)oc1nc(-n3c4ccccc4c4c5ccccc5c5sc6ccccc6c5c43)nc(-c3cccc4c3sc3ccccc34)c12. The number of para-hydroxylation sites is 2. The van der Waals surface area contributed by atoms with Gasteiger partial charge in [0.15, 0.2) is 0 Å². The summed E-state index contributed by atoms with van der Waals surface area (Å²) in [7, 11) is 0. The maximum atomic E-state index is 6.60. The summed E-state index contributed by atoms with van der Waals surface area (Å²) in [5.74, 6) is 0.600. The van der Waals surface area contributed by atoms with Gasteiger partial charge in [-0.15, -0.1) is 22.7 Å². The Balaban J connectivity index is 1.31. The monoisotopic (exact) mass is 673 g/mol. The van der Waals surface area contributed by atoms with Crippen molar-refractivity contribution in [2.75, 3.05) is 0 Å². The van der Waals surface area contributed by atoms with Crippen LogP contribution >= 0.6 is 22.7 Å². The van der Waals surface area contributed by atoms with Gasteiger partial charge >= 0.3 is 0 Å². The molecule has 0 amide bonds. The van der Waals surface area contributed by atoms with Crippen LogP contribution in [-0.2, 0) is 0 Å². The number of rotatable bonds is 2. The van der Waals surface area contributed by atoms with Gasteiger partial charge in [0.25, 0.3) is 0 Å². The van der Waals surface area contributed by atoms with Crippen LogP contribution in [0.15, 0.2) is 144 Å². The third-order valence-electron chi connectivity index (χ3n) is 10.2. The highest BCUT2D eigenvalue weighted by atomic mass is 32.1. The summed E-state index contributed by atoms with van der Waals surface area (Å²) in [6, 6.07) is 49.7. The third-order valence-corrected chi connectivity index (χ3v) is 12.7. The van der Waals surface area contributed by atoms with E-state index in [1.54, 1.807) is 0 Å². The van der Waals surface area contributed by atoms with Gasteiger partial charge in [0.2, 0.25) is 11.7 Å². The van der Waals surface area contributed by atoms with Crippen molar-refractivity contribution >= 4 is 118 Å². The second-order valence-electron chi connectivity index (χ2n) is 12.9. The summed E-state index contributed by atoms with van der Waals surface area (Å²) in [6.45, 7) is 0. The lowest BCUT2D eigenvalue weighted by Crippen LogP contribution is -2.03. The standard InChI is InChI=1S/C44H23N3OS2/c1-2-14-27-25(13-1)36-28-15-3-7-20-32(28)47(40(36)38-30-17-6-10-23-35(30)50-42(27)38)44-45-39(37-29-16-4-8-21-33(29)48-43(37)46-44)31-19-11-18-26-24-12-5-9-22-34(24)49-41(26)31/h1-23H. The van der Waals surface area contributed by atoms with E-state index in [2.05, 4.69) is 132 Å². The van der Waals surface area contributed by atoms with Crippen molar-refractivity contribution in [3.8, 4) is 17.2 Å². The number of hydrogen-bond acceptors (Lipinski definition) is 5. The normalized spacial score (nSPS) is 12.4. The zero-order valence-corrected chi connectivity index (χ0v) is 28.0. The molecule has 0 radical (unpaired) electrons. The van der Waals surface area contributed by atoms with Gasteiger partial charge in [0.05, 0.1) is 22.1 Å². The number of fused-ring (bicyclic) bond motifs is 16. The predicted molar refractivity (Wildman–Crippen MR) is 212 cm³/mol. The molecule has 0 unspecified atom stereocenters. The molecule has 0 saturated heterocycles. The Hall–Kier alpha value is -6.08. The molecule has 232 valence electrons. The number of hydrogen-bond donors (Lipinski definition) is 0. The van der Waals surface area contributed by atoms with E-state index in [0.717, 1.165) is 38.6 Å². The fourth-order valence-electron chi connectivity index (χ4n) is 8.17. The number of benzene rings is 7. The van der Waals surface area contributed by atoms with Gasteiger partial charge in [-0.25, -0.2) is 4.98 Å². The zero-order valence-electron chi connectivity index (χ0n) is 26.3. The van der Waals surface area contributed by atoms with Crippen molar-refractivity contribution in [1.82, 2.24) is 14.5 Å². The molecule has 12 aromatic rings. The van der Waals surface area contributed by atoms with E-state index in [0.29, 0.717) is 11.7 Å². The maximum absolute atomic E-state index is 6.60. The Labute approximate surface area is 292 Å². The largest absolute Gasteiger partial charge is 0.437 e. The first-order valence-electron chi connectivity index (χ1n) is 16.7. The molecular weight excluding hydrogens is 651 g/mol. The van der Waals surface area contributed by atoms with Gasteiger partial charge < -0.3 is 4.42 Å². The zero-order chi connectivity index (χ0) is 32.5. The van der Waals surface area contributed by atoms with Crippen molar-refractivity contribution in [1.29, 1.82) is 0 Å². The Morgan fingerprint density at radius 1 is 0.460 bits per heavy atom. The lowest BCUT2D eigenvalue weighted by atomic mass is 10.00. The van der Waals surface area contributed by atoms with Crippen LogP contribution in [0.3, 0.4) is 0 Å². The van der Waals surface area contributed by atoms with E-state index in [9.17, 15) is 0 Å². The van der Waals surface area contributed by atoms with E-state index < -0.39 is 0 Å². The van der Waals surface area contributed by atoms with Crippen molar-refractivity contribution in [3.05, 3.63) is 140 Å². The van der Waals surface area contributed by atoms with Crippen LogP contribution < -0.4 is 0 Å². The minimum absolute atomic E-state index is 0.586. The van der Waals surface area contributed by atoms with Crippen molar-refractivity contribution in [2.45, 2.75) is 0 Å². The Morgan fingerprint density at radius 2 is 1.08 bits per heavy atom. The van der Waals surface area contributed by atoms with Gasteiger partial charge in [-0.1, -0.05) is 115 Å². The molecule has 50 heavy (non-hydrogen) atoms. The first kappa shape index (κ1) is 26.8. The predicted octanol–water partition coefficient (Wildman–Crippen LogP) is 13.0. The van der Waals surface area contributed by atoms with Crippen molar-refractivity contribution in [2.24, 2.45) is 0 Å². The summed E-state index contributed by atoms with van der Waals surface area (Å²) in [6.07, 6.45) is 0. The molecule has 6 heteroatoms. The van der Waals surface area contributed by atoms with Gasteiger partial charge in [-0.2, -0.15) is 4.98 Å². The topological polar surface area (TPSA) is 43.9 Å². The maximum Gasteiger partial charge on any atom is 0.238 e. The average Bonchev–Trinajstić information content (AvgIpc) is 3.93. The van der Waals surface area contributed by atoms with Gasteiger partial charge in [0.1, 0.15) is 5.58 Å². The van der Waals surface area contributed by atoms with Crippen LogP contribution in [0.1, 0.15) is 0 Å². The summed E-state index contributed by atoms with van der Waals surface area (Å²) < 4.78 is 13.9. The summed E-state index contributed by atoms with van der Waals surface area (Å²) in [5.41, 5.74) is 5.54. The number of furan rings is 1. The minimum atomic E-state index is 0.586. The van der Waals surface area contributed by atoms with Gasteiger partial charge in [-0.3, -0.25) is 4.57 Å². The second kappa shape index (κ2) is 9.76. The fraction of sp³-hybridized carbons (Fsp3) is 0. The fourth-order valence-corrected chi connectivity index (χ4v) is 10.6. The molecule has 0 atom stereocenters. The first-order chi connectivity index (χ1) is 24.8. The Morgan fingerprint density at radius 3 is 1.94 bits per heavy atom. The Bertz CT molecular complexity index is 3400. The summed E-state index contributed by atoms with van der Waals surface area (Å²) in [5, 5.41) is 11.8. The smallest absolute Gasteiger partial charge is 0.238 e. The highest BCUT2D eigenvalue weighted by Crippen LogP contribution is 2.48. The molecule has 0 bridgehead atoms. The lowest BCUT2D eigenvalue weighted by molar-refractivity contribution is 0.651. The average molecular weight is 674 g/mol. The van der Waals surface area contributed by atoms with E-state index >= 15 is 0 Å². The summed E-state index contributed by atoms with van der Waals surface area (Å²) in [4.78, 5) is 10.9. The first-order valence-corrected chi connectivity index (χ1v) is 18.3. The van der Waals surface area contributed by atoms with Gasteiger partial charge in [0, 0.05) is 67.5 Å². The number of nitrogens with zero attached hydrogens (tertiary/aromatic N) is 3. The van der Waals surface area contributed by atoms with Crippen LogP contribution in [0.25, 0.3) is 112 Å². The molecule has 4 nitrogen and oxygen atoms in total. The van der Waals surface area contributed by atoms with Crippen LogP contribution in [-0.4, -0.2) is 14.5 Å². The molecule has 0 aliphatic heterocycles. The van der Waals surface area contributed by atoms with Gasteiger partial charge in [-0.05, 0) is 29.7 Å². The molecule has 0 fully saturated rings. The molecular formula is C44H23N3OS2. The molecule has 7 aromatic carbocycles. The van der Waals surface area contributed by atoms with Crippen molar-refractivity contribution in [3.63, 3.8) is 0 Å². The van der Waals surface area contributed by atoms with E-state index in [1.807, 2.05) is 34.8 Å². The highest BCUT2D eigenvalue weighted by Gasteiger charge is 2.26. The highest BCUT2D eigenvalue weighted by molar-refractivity contribution is 7.27. The van der Waals surface area contributed by atoms with E-state index in [1.165, 1.54) is 61.9 Å². The number of aromatic nitrogens is 3. The summed E-state index contributed by atoms with van der Waals surface area (Å²) >= 11 is 3.67. The number of thiophene rings is 2. The molecule has 5 aromatic heterocycles. The lowest BCUT2D eigenvalue weighted by Gasteiger charge is -2.12. The quantitative estimate of drug-likeness (QED) is 0.183. The minimum Gasteiger partial charge on any atom is -0.437 e. The van der Waals surface area contributed by atoms with Crippen LogP contribution in [0.5, 0.6) is 0 Å². The second-order valence-corrected chi connectivity index (χ2v) is 15.0. The molecule has 0 aliphatic carbocycles. The van der Waals surface area contributed by atoms with E-state index in [-0.39, 0.29) is 0 Å². The van der Waals surface area contributed by atoms with Crippen LogP contribution in [0.2, 0.25) is 0 Å². The van der Waals surface area contributed by atoms with Crippen LogP contribution in [0.4, 0.5) is 0 Å². The van der Waals surface area contributed by atoms with E-state index in [4.69, 9.17) is 14.4 Å². The molecule has 12 rings (SSSR count). The molecule has 0 aliphatic rings. The van der Waals surface area contributed by atoms with Crippen LogP contribution in [0, 0.1) is 0 Å². The molecule has 0 spiro atoms. The third kappa shape index (κ3) is 3.44. The molecule has 5 heterocycles. The molecule has 0 saturated carbocycles. The Kier molecular flexibility index (Phi) is 5.23. The molecule has 0 N–H and O–H groups in total.